The SMILES string of the molecule is COc1cccc([C@H](CNC(=O)c2nn(-c3ccccc3)c(=O)c3ccccc23)N2CCCC2)c1. The second-order valence-corrected chi connectivity index (χ2v) is 8.69. The highest BCUT2D eigenvalue weighted by Crippen LogP contribution is 2.27. The van der Waals surface area contributed by atoms with E-state index in [1.165, 1.54) is 4.68 Å². The fourth-order valence-electron chi connectivity index (χ4n) is 4.73. The first kappa shape index (κ1) is 22.8. The number of rotatable bonds is 7. The number of likely N-dealkylation sites (tertiary alicyclic amines) is 1. The number of amides is 1. The molecule has 1 aliphatic rings. The van der Waals surface area contributed by atoms with E-state index in [0.717, 1.165) is 37.2 Å². The largest absolute Gasteiger partial charge is 0.497 e. The van der Waals surface area contributed by atoms with Crippen molar-refractivity contribution < 1.29 is 9.53 Å². The molecule has 7 heteroatoms. The zero-order valence-electron chi connectivity index (χ0n) is 19.7. The van der Waals surface area contributed by atoms with Crippen molar-refractivity contribution in [3.05, 3.63) is 100 Å². The Morgan fingerprint density at radius 1 is 0.971 bits per heavy atom. The lowest BCUT2D eigenvalue weighted by Gasteiger charge is -2.28. The molecule has 0 bridgehead atoms. The third kappa shape index (κ3) is 4.68. The predicted octanol–water partition coefficient (Wildman–Crippen LogP) is 3.96. The van der Waals surface area contributed by atoms with Crippen molar-refractivity contribution in [1.82, 2.24) is 20.0 Å². The summed E-state index contributed by atoms with van der Waals surface area (Å²) in [5.41, 5.74) is 1.69. The van der Waals surface area contributed by atoms with Gasteiger partial charge in [0.05, 0.1) is 24.2 Å². The van der Waals surface area contributed by atoms with Gasteiger partial charge in [-0.3, -0.25) is 14.5 Å². The number of hydrogen-bond acceptors (Lipinski definition) is 5. The molecular weight excluding hydrogens is 440 g/mol. The van der Waals surface area contributed by atoms with Crippen molar-refractivity contribution in [2.24, 2.45) is 0 Å². The summed E-state index contributed by atoms with van der Waals surface area (Å²) < 4.78 is 6.73. The Morgan fingerprint density at radius 2 is 1.69 bits per heavy atom. The topological polar surface area (TPSA) is 76.5 Å². The molecule has 0 unspecified atom stereocenters. The van der Waals surface area contributed by atoms with Gasteiger partial charge in [0.15, 0.2) is 5.69 Å². The van der Waals surface area contributed by atoms with Gasteiger partial charge >= 0.3 is 0 Å². The van der Waals surface area contributed by atoms with Gasteiger partial charge < -0.3 is 10.1 Å². The molecule has 1 fully saturated rings. The molecule has 1 atom stereocenters. The summed E-state index contributed by atoms with van der Waals surface area (Å²) in [6.45, 7) is 2.39. The quantitative estimate of drug-likeness (QED) is 0.444. The van der Waals surface area contributed by atoms with Crippen LogP contribution >= 0.6 is 0 Å². The lowest BCUT2D eigenvalue weighted by Crippen LogP contribution is -2.38. The number of nitrogens with zero attached hydrogens (tertiary/aromatic N) is 3. The lowest BCUT2D eigenvalue weighted by molar-refractivity contribution is 0.0933. The van der Waals surface area contributed by atoms with E-state index < -0.39 is 0 Å². The van der Waals surface area contributed by atoms with E-state index in [1.54, 1.807) is 37.4 Å². The number of benzene rings is 3. The molecule has 0 saturated carbocycles. The summed E-state index contributed by atoms with van der Waals surface area (Å²) in [4.78, 5) is 29.0. The van der Waals surface area contributed by atoms with E-state index in [9.17, 15) is 9.59 Å². The maximum Gasteiger partial charge on any atom is 0.279 e. The molecule has 0 radical (unpaired) electrons. The molecule has 2 heterocycles. The smallest absolute Gasteiger partial charge is 0.279 e. The summed E-state index contributed by atoms with van der Waals surface area (Å²) in [7, 11) is 1.66. The molecule has 4 aromatic rings. The first-order chi connectivity index (χ1) is 17.2. The Balaban J connectivity index is 1.48. The van der Waals surface area contributed by atoms with Crippen molar-refractivity contribution in [3.63, 3.8) is 0 Å². The Labute approximate surface area is 204 Å². The number of ether oxygens (including phenoxy) is 1. The second-order valence-electron chi connectivity index (χ2n) is 8.69. The fraction of sp³-hybridized carbons (Fsp3) is 0.250. The van der Waals surface area contributed by atoms with Crippen LogP contribution in [0, 0.1) is 0 Å². The zero-order valence-corrected chi connectivity index (χ0v) is 19.7. The van der Waals surface area contributed by atoms with Crippen LogP contribution in [0.25, 0.3) is 16.5 Å². The lowest BCUT2D eigenvalue weighted by atomic mass is 10.0. The van der Waals surface area contributed by atoms with Crippen molar-refractivity contribution in [2.45, 2.75) is 18.9 Å². The highest BCUT2D eigenvalue weighted by molar-refractivity contribution is 6.04. The standard InChI is InChI=1S/C28H28N4O3/c1-35-22-13-9-10-20(18-22)25(31-16-7-8-17-31)19-29-27(33)26-23-14-5-6-15-24(23)28(34)32(30-26)21-11-3-2-4-12-21/h2-6,9-15,18,25H,7-8,16-17,19H2,1H3,(H,29,33)/t25-/m0/s1. The van der Waals surface area contributed by atoms with E-state index in [2.05, 4.69) is 21.4 Å². The van der Waals surface area contributed by atoms with Crippen molar-refractivity contribution in [3.8, 4) is 11.4 Å². The molecule has 7 nitrogen and oxygen atoms in total. The number of fused-ring (bicyclic) bond motifs is 1. The van der Waals surface area contributed by atoms with Crippen molar-refractivity contribution in [1.29, 1.82) is 0 Å². The van der Waals surface area contributed by atoms with Crippen LogP contribution in [0.15, 0.2) is 83.7 Å². The molecule has 3 aromatic carbocycles. The van der Waals surface area contributed by atoms with Gasteiger partial charge in [-0.15, -0.1) is 0 Å². The van der Waals surface area contributed by atoms with Gasteiger partial charge in [0.1, 0.15) is 5.75 Å². The first-order valence-corrected chi connectivity index (χ1v) is 11.9. The summed E-state index contributed by atoms with van der Waals surface area (Å²) in [5.74, 6) is 0.485. The third-order valence-corrected chi connectivity index (χ3v) is 6.54. The summed E-state index contributed by atoms with van der Waals surface area (Å²) in [6.07, 6.45) is 2.28. The number of nitrogens with one attached hydrogen (secondary N) is 1. The van der Waals surface area contributed by atoms with Gasteiger partial charge in [-0.2, -0.15) is 9.78 Å². The van der Waals surface area contributed by atoms with Crippen LogP contribution in [0.1, 0.15) is 34.9 Å². The summed E-state index contributed by atoms with van der Waals surface area (Å²) in [6, 6.07) is 24.3. The van der Waals surface area contributed by atoms with E-state index in [-0.39, 0.29) is 23.2 Å². The van der Waals surface area contributed by atoms with Crippen LogP contribution < -0.4 is 15.6 Å². The predicted molar refractivity (Wildman–Crippen MR) is 136 cm³/mol. The molecule has 1 saturated heterocycles. The molecule has 0 aliphatic carbocycles. The molecule has 178 valence electrons. The molecule has 35 heavy (non-hydrogen) atoms. The van der Waals surface area contributed by atoms with Crippen LogP contribution in [-0.4, -0.2) is 47.3 Å². The van der Waals surface area contributed by atoms with E-state index in [4.69, 9.17) is 4.74 Å². The van der Waals surface area contributed by atoms with Gasteiger partial charge in [-0.1, -0.05) is 48.5 Å². The van der Waals surface area contributed by atoms with Crippen LogP contribution in [0.5, 0.6) is 5.75 Å². The molecule has 1 aliphatic heterocycles. The molecule has 0 spiro atoms. The highest BCUT2D eigenvalue weighted by atomic mass is 16.5. The summed E-state index contributed by atoms with van der Waals surface area (Å²) in [5, 5.41) is 8.61. The fourth-order valence-corrected chi connectivity index (χ4v) is 4.73. The average Bonchev–Trinajstić information content (AvgIpc) is 3.44. The Kier molecular flexibility index (Phi) is 6.59. The summed E-state index contributed by atoms with van der Waals surface area (Å²) >= 11 is 0. The number of carbonyl (C=O) groups is 1. The van der Waals surface area contributed by atoms with Crippen LogP contribution in [0.3, 0.4) is 0 Å². The average molecular weight is 469 g/mol. The second kappa shape index (κ2) is 10.1. The van der Waals surface area contributed by atoms with E-state index in [1.807, 2.05) is 42.5 Å². The molecule has 1 amide bonds. The maximum absolute atomic E-state index is 13.5. The minimum absolute atomic E-state index is 0.0165. The minimum atomic E-state index is -0.307. The monoisotopic (exact) mass is 468 g/mol. The number of hydrogen-bond donors (Lipinski definition) is 1. The van der Waals surface area contributed by atoms with Crippen LogP contribution in [0.2, 0.25) is 0 Å². The number of aromatic nitrogens is 2. The Morgan fingerprint density at radius 3 is 2.43 bits per heavy atom. The first-order valence-electron chi connectivity index (χ1n) is 11.9. The normalized spacial score (nSPS) is 14.7. The third-order valence-electron chi connectivity index (χ3n) is 6.54. The van der Waals surface area contributed by atoms with Gasteiger partial charge in [0.25, 0.3) is 11.5 Å². The molecule has 1 N–H and O–H groups in total. The van der Waals surface area contributed by atoms with Crippen molar-refractivity contribution >= 4 is 16.7 Å². The Bertz CT molecular complexity index is 1390. The van der Waals surface area contributed by atoms with Gasteiger partial charge in [0, 0.05) is 11.9 Å². The number of para-hydroxylation sites is 1. The minimum Gasteiger partial charge on any atom is -0.497 e. The Hall–Kier alpha value is -3.97. The molecule has 5 rings (SSSR count). The van der Waals surface area contributed by atoms with Gasteiger partial charge in [-0.05, 0) is 61.8 Å². The van der Waals surface area contributed by atoms with E-state index in [0.29, 0.717) is 23.0 Å². The highest BCUT2D eigenvalue weighted by Gasteiger charge is 2.25. The van der Waals surface area contributed by atoms with Gasteiger partial charge in [-0.25, -0.2) is 0 Å². The number of methoxy groups -OCH3 is 1. The van der Waals surface area contributed by atoms with Crippen LogP contribution in [-0.2, 0) is 0 Å². The van der Waals surface area contributed by atoms with Crippen molar-refractivity contribution in [2.75, 3.05) is 26.7 Å². The molecule has 1 aromatic heterocycles. The maximum atomic E-state index is 13.5. The van der Waals surface area contributed by atoms with Gasteiger partial charge in [0.2, 0.25) is 0 Å². The zero-order chi connectivity index (χ0) is 24.2. The van der Waals surface area contributed by atoms with E-state index >= 15 is 0 Å². The number of carbonyl (C=O) groups excluding carboxylic acids is 1. The van der Waals surface area contributed by atoms with Crippen LogP contribution in [0.4, 0.5) is 0 Å². The molecular formula is C28H28N4O3.